The molecule has 0 aromatic carbocycles. The number of aryl methyl sites for hydroxylation is 1. The Balaban J connectivity index is 2.29. The lowest BCUT2D eigenvalue weighted by atomic mass is 10.2. The average molecular weight is 319 g/mol. The van der Waals surface area contributed by atoms with Crippen LogP contribution in [0, 0.1) is 10.5 Å². The molecule has 0 bridgehead atoms. The van der Waals surface area contributed by atoms with Gasteiger partial charge >= 0.3 is 0 Å². The van der Waals surface area contributed by atoms with E-state index in [2.05, 4.69) is 39.5 Å². The lowest BCUT2D eigenvalue weighted by Gasteiger charge is -2.11. The monoisotopic (exact) mass is 319 g/mol. The van der Waals surface area contributed by atoms with Crippen LogP contribution in [0.1, 0.15) is 37.4 Å². The number of hydrogen-bond donors (Lipinski definition) is 1. The third kappa shape index (κ3) is 2.23. The van der Waals surface area contributed by atoms with E-state index in [0.717, 1.165) is 27.9 Å². The topological polar surface area (TPSA) is 61.0 Å². The van der Waals surface area contributed by atoms with Crippen molar-refractivity contribution < 1.29 is 4.74 Å². The third-order valence-corrected chi connectivity index (χ3v) is 3.91. The molecule has 1 aliphatic heterocycles. The Kier molecular flexibility index (Phi) is 3.11. The maximum atomic E-state index is 5.81. The van der Waals surface area contributed by atoms with Gasteiger partial charge in [-0.15, -0.1) is 0 Å². The summed E-state index contributed by atoms with van der Waals surface area (Å²) in [5.41, 5.74) is 6.74. The van der Waals surface area contributed by atoms with Gasteiger partial charge in [-0.05, 0) is 49.3 Å². The second kappa shape index (κ2) is 4.21. The number of nitrogen functional groups attached to an aromatic ring is 1. The first-order valence-electron chi connectivity index (χ1n) is 5.03. The van der Waals surface area contributed by atoms with Crippen LogP contribution in [-0.4, -0.2) is 16.1 Å². The van der Waals surface area contributed by atoms with Gasteiger partial charge in [0, 0.05) is 0 Å². The van der Waals surface area contributed by atoms with Crippen LogP contribution >= 0.6 is 22.6 Å². The molecule has 0 aliphatic carbocycles. The lowest BCUT2D eigenvalue weighted by Crippen LogP contribution is -2.10. The zero-order valence-corrected chi connectivity index (χ0v) is 11.0. The maximum absolute atomic E-state index is 5.81. The average Bonchev–Trinajstić information content (AvgIpc) is 2.60. The van der Waals surface area contributed by atoms with Gasteiger partial charge in [-0.25, -0.2) is 9.97 Å². The summed E-state index contributed by atoms with van der Waals surface area (Å²) in [7, 11) is 0. The first-order chi connectivity index (χ1) is 7.08. The zero-order chi connectivity index (χ0) is 11.0. The van der Waals surface area contributed by atoms with Gasteiger partial charge in [-0.1, -0.05) is 0 Å². The van der Waals surface area contributed by atoms with Crippen LogP contribution in [0.2, 0.25) is 0 Å². The number of rotatable bonds is 1. The summed E-state index contributed by atoms with van der Waals surface area (Å²) >= 11 is 2.16. The van der Waals surface area contributed by atoms with E-state index in [4.69, 9.17) is 10.5 Å². The fraction of sp³-hybridized carbons (Fsp3) is 0.600. The predicted octanol–water partition coefficient (Wildman–Crippen LogP) is 2.21. The molecule has 2 rings (SSSR count). The van der Waals surface area contributed by atoms with Gasteiger partial charge in [0.05, 0.1) is 15.4 Å². The van der Waals surface area contributed by atoms with Crippen molar-refractivity contribution in [1.29, 1.82) is 0 Å². The molecule has 2 atom stereocenters. The summed E-state index contributed by atoms with van der Waals surface area (Å²) in [4.78, 5) is 8.71. The molecule has 4 nitrogen and oxygen atoms in total. The number of halogens is 1. The molecule has 2 N–H and O–H groups in total. The summed E-state index contributed by atoms with van der Waals surface area (Å²) in [5.74, 6) is 1.29. The van der Waals surface area contributed by atoms with E-state index < -0.39 is 0 Å². The van der Waals surface area contributed by atoms with Crippen LogP contribution in [0.5, 0.6) is 0 Å². The minimum absolute atomic E-state index is 0.0259. The van der Waals surface area contributed by atoms with Crippen molar-refractivity contribution in [3.63, 3.8) is 0 Å². The highest BCUT2D eigenvalue weighted by molar-refractivity contribution is 14.1. The van der Waals surface area contributed by atoms with E-state index in [1.54, 1.807) is 0 Å². The molecule has 0 saturated carbocycles. The van der Waals surface area contributed by atoms with Crippen LogP contribution in [0.15, 0.2) is 0 Å². The fourth-order valence-electron chi connectivity index (χ4n) is 1.74. The molecule has 0 spiro atoms. The molecule has 1 aliphatic rings. The molecule has 15 heavy (non-hydrogen) atoms. The van der Waals surface area contributed by atoms with Crippen molar-refractivity contribution in [2.24, 2.45) is 0 Å². The van der Waals surface area contributed by atoms with Gasteiger partial charge in [0.2, 0.25) is 0 Å². The summed E-state index contributed by atoms with van der Waals surface area (Å²) < 4.78 is 6.65. The van der Waals surface area contributed by atoms with Gasteiger partial charge in [-0.3, -0.25) is 0 Å². The predicted molar refractivity (Wildman–Crippen MR) is 66.4 cm³/mol. The Bertz CT molecular complexity index is 360. The molecule has 1 saturated heterocycles. The van der Waals surface area contributed by atoms with Crippen molar-refractivity contribution >= 4 is 28.4 Å². The molecular formula is C10H14IN3O. The molecule has 1 fully saturated rings. The first kappa shape index (κ1) is 11.1. The Morgan fingerprint density at radius 2 is 2.13 bits per heavy atom. The molecule has 82 valence electrons. The number of hydrogen-bond acceptors (Lipinski definition) is 4. The van der Waals surface area contributed by atoms with Crippen molar-refractivity contribution in [2.75, 3.05) is 5.73 Å². The third-order valence-electron chi connectivity index (χ3n) is 2.58. The summed E-state index contributed by atoms with van der Waals surface area (Å²) in [6.45, 7) is 4.02. The summed E-state index contributed by atoms with van der Waals surface area (Å²) in [6.07, 6.45) is 2.39. The standard InChI is InChI=1S/C10H14IN3O/c1-5-3-4-7(15-5)10-13-6(2)8(11)9(12)14-10/h5,7H,3-4H2,1-2H3,(H2,12,13,14). The van der Waals surface area contributed by atoms with Crippen LogP contribution in [0.25, 0.3) is 0 Å². The molecule has 1 aromatic heterocycles. The molecule has 2 unspecified atom stereocenters. The number of nitrogens with two attached hydrogens (primary N) is 1. The number of nitrogens with zero attached hydrogens (tertiary/aromatic N) is 2. The molecule has 1 aromatic rings. The van der Waals surface area contributed by atoms with Crippen LogP contribution in [0.3, 0.4) is 0 Å². The molecule has 0 radical (unpaired) electrons. The number of aromatic nitrogens is 2. The van der Waals surface area contributed by atoms with E-state index in [1.807, 2.05) is 6.92 Å². The number of anilines is 1. The van der Waals surface area contributed by atoms with Crippen molar-refractivity contribution in [3.05, 3.63) is 15.1 Å². The minimum atomic E-state index is 0.0259. The minimum Gasteiger partial charge on any atom is -0.383 e. The first-order valence-corrected chi connectivity index (χ1v) is 6.10. The normalized spacial score (nSPS) is 25.8. The Hall–Kier alpha value is -0.430. The summed E-state index contributed by atoms with van der Waals surface area (Å²) in [6, 6.07) is 0. The Labute approximate surface area is 103 Å². The van der Waals surface area contributed by atoms with Crippen LogP contribution in [-0.2, 0) is 4.74 Å². The fourth-order valence-corrected chi connectivity index (χ4v) is 1.98. The largest absolute Gasteiger partial charge is 0.383 e. The quantitative estimate of drug-likeness (QED) is 0.806. The van der Waals surface area contributed by atoms with Crippen molar-refractivity contribution in [2.45, 2.75) is 38.9 Å². The van der Waals surface area contributed by atoms with E-state index in [9.17, 15) is 0 Å². The molecule has 0 amide bonds. The highest BCUT2D eigenvalue weighted by Crippen LogP contribution is 2.31. The summed E-state index contributed by atoms with van der Waals surface area (Å²) in [5, 5.41) is 0. The Morgan fingerprint density at radius 3 is 2.67 bits per heavy atom. The zero-order valence-electron chi connectivity index (χ0n) is 8.83. The highest BCUT2D eigenvalue weighted by Gasteiger charge is 2.26. The van der Waals surface area contributed by atoms with E-state index >= 15 is 0 Å². The van der Waals surface area contributed by atoms with Gasteiger partial charge in [0.25, 0.3) is 0 Å². The van der Waals surface area contributed by atoms with E-state index in [-0.39, 0.29) is 6.10 Å². The van der Waals surface area contributed by atoms with Crippen molar-refractivity contribution in [1.82, 2.24) is 9.97 Å². The SMILES string of the molecule is Cc1nc(C2CCC(C)O2)nc(N)c1I. The van der Waals surface area contributed by atoms with Crippen LogP contribution < -0.4 is 5.73 Å². The van der Waals surface area contributed by atoms with Gasteiger partial charge in [0.1, 0.15) is 11.9 Å². The second-order valence-corrected chi connectivity index (χ2v) is 4.96. The smallest absolute Gasteiger partial charge is 0.159 e. The van der Waals surface area contributed by atoms with Gasteiger partial charge < -0.3 is 10.5 Å². The van der Waals surface area contributed by atoms with Gasteiger partial charge in [-0.2, -0.15) is 0 Å². The molecule has 2 heterocycles. The Morgan fingerprint density at radius 1 is 1.40 bits per heavy atom. The lowest BCUT2D eigenvalue weighted by molar-refractivity contribution is 0.0502. The second-order valence-electron chi connectivity index (χ2n) is 3.88. The van der Waals surface area contributed by atoms with Crippen LogP contribution in [0.4, 0.5) is 5.82 Å². The highest BCUT2D eigenvalue weighted by atomic mass is 127. The maximum Gasteiger partial charge on any atom is 0.159 e. The molecular weight excluding hydrogens is 305 g/mol. The van der Waals surface area contributed by atoms with E-state index in [1.165, 1.54) is 0 Å². The number of ether oxygens (including phenoxy) is 1. The van der Waals surface area contributed by atoms with E-state index in [0.29, 0.717) is 11.9 Å². The van der Waals surface area contributed by atoms with Gasteiger partial charge in [0.15, 0.2) is 5.82 Å². The molecule has 5 heteroatoms. The van der Waals surface area contributed by atoms with Crippen molar-refractivity contribution in [3.8, 4) is 0 Å².